The highest BCUT2D eigenvalue weighted by Crippen LogP contribution is 2.48. The van der Waals surface area contributed by atoms with Crippen molar-refractivity contribution in [3.8, 4) is 22.9 Å². The molecule has 0 radical (unpaired) electrons. The van der Waals surface area contributed by atoms with Gasteiger partial charge in [-0.25, -0.2) is 0 Å². The molecule has 0 amide bonds. The van der Waals surface area contributed by atoms with Crippen LogP contribution in [-0.4, -0.2) is 6.36 Å². The molecule has 0 bridgehead atoms. The summed E-state index contributed by atoms with van der Waals surface area (Å²) in [6, 6.07) is 15.4. The molecule has 0 aromatic heterocycles. The number of halogens is 3. The summed E-state index contributed by atoms with van der Waals surface area (Å²) in [4.78, 5) is 0. The zero-order valence-electron chi connectivity index (χ0n) is 11.5. The number of ether oxygens (including phenoxy) is 1. The Labute approximate surface area is 125 Å². The fourth-order valence-corrected chi connectivity index (χ4v) is 2.48. The molecule has 1 saturated carbocycles. The van der Waals surface area contributed by atoms with Gasteiger partial charge in [-0.1, -0.05) is 42.5 Å². The van der Waals surface area contributed by atoms with Gasteiger partial charge in [-0.15, -0.1) is 13.2 Å². The van der Waals surface area contributed by atoms with Crippen LogP contribution >= 0.6 is 0 Å². The SMILES string of the molecule is N#CC1(c2ccc(-c3ccccc3OC(F)(F)F)cc2)CC1. The predicted octanol–water partition coefficient (Wildman–Crippen LogP) is 4.81. The third-order valence-corrected chi connectivity index (χ3v) is 3.83. The molecule has 0 unspecified atom stereocenters. The van der Waals surface area contributed by atoms with E-state index in [9.17, 15) is 18.4 Å². The van der Waals surface area contributed by atoms with E-state index in [1.807, 2.05) is 0 Å². The van der Waals surface area contributed by atoms with Crippen LogP contribution in [0, 0.1) is 11.3 Å². The van der Waals surface area contributed by atoms with Gasteiger partial charge in [-0.2, -0.15) is 5.26 Å². The zero-order valence-corrected chi connectivity index (χ0v) is 11.5. The maximum atomic E-state index is 12.5. The molecule has 0 aliphatic heterocycles. The van der Waals surface area contributed by atoms with Gasteiger partial charge in [0.25, 0.3) is 0 Å². The molecule has 0 atom stereocenters. The van der Waals surface area contributed by atoms with Gasteiger partial charge in [-0.05, 0) is 30.0 Å². The molecule has 1 aliphatic rings. The van der Waals surface area contributed by atoms with E-state index in [-0.39, 0.29) is 5.75 Å². The van der Waals surface area contributed by atoms with Gasteiger partial charge in [0.05, 0.1) is 11.5 Å². The van der Waals surface area contributed by atoms with Crippen molar-refractivity contribution in [1.82, 2.24) is 0 Å². The number of nitrogens with zero attached hydrogens (tertiary/aromatic N) is 1. The maximum absolute atomic E-state index is 12.5. The summed E-state index contributed by atoms with van der Waals surface area (Å²) in [5, 5.41) is 9.17. The molecule has 0 spiro atoms. The van der Waals surface area contributed by atoms with Crippen molar-refractivity contribution >= 4 is 0 Å². The predicted molar refractivity (Wildman–Crippen MR) is 75.1 cm³/mol. The Bertz CT molecular complexity index is 725. The Morgan fingerprint density at radius 3 is 2.18 bits per heavy atom. The molecule has 0 N–H and O–H groups in total. The summed E-state index contributed by atoms with van der Waals surface area (Å²) in [5.41, 5.74) is 1.50. The van der Waals surface area contributed by atoms with Crippen molar-refractivity contribution in [3.05, 3.63) is 54.1 Å². The molecule has 2 aromatic carbocycles. The van der Waals surface area contributed by atoms with Gasteiger partial charge >= 0.3 is 6.36 Å². The monoisotopic (exact) mass is 303 g/mol. The molecule has 5 heteroatoms. The van der Waals surface area contributed by atoms with Crippen LogP contribution in [0.3, 0.4) is 0 Å². The fraction of sp³-hybridized carbons (Fsp3) is 0.235. The van der Waals surface area contributed by atoms with Gasteiger partial charge in [0.15, 0.2) is 0 Å². The van der Waals surface area contributed by atoms with Crippen LogP contribution in [0.15, 0.2) is 48.5 Å². The lowest BCUT2D eigenvalue weighted by Gasteiger charge is -2.14. The van der Waals surface area contributed by atoms with Crippen LogP contribution in [0.25, 0.3) is 11.1 Å². The van der Waals surface area contributed by atoms with E-state index >= 15 is 0 Å². The van der Waals surface area contributed by atoms with E-state index < -0.39 is 11.8 Å². The molecule has 2 nitrogen and oxygen atoms in total. The second-order valence-corrected chi connectivity index (χ2v) is 5.32. The molecular formula is C17H12F3NO. The minimum atomic E-state index is -4.73. The van der Waals surface area contributed by atoms with Crippen LogP contribution in [0.2, 0.25) is 0 Å². The highest BCUT2D eigenvalue weighted by molar-refractivity contribution is 5.71. The Hall–Kier alpha value is -2.48. The maximum Gasteiger partial charge on any atom is 0.573 e. The molecule has 3 rings (SSSR count). The van der Waals surface area contributed by atoms with Gasteiger partial charge in [0.2, 0.25) is 0 Å². The Balaban J connectivity index is 1.94. The van der Waals surface area contributed by atoms with E-state index in [0.717, 1.165) is 18.4 Å². The van der Waals surface area contributed by atoms with Gasteiger partial charge in [-0.3, -0.25) is 0 Å². The highest BCUT2D eigenvalue weighted by Gasteiger charge is 2.44. The molecular weight excluding hydrogens is 291 g/mol. The van der Waals surface area contributed by atoms with Crippen LogP contribution in [0.5, 0.6) is 5.75 Å². The number of benzene rings is 2. The lowest BCUT2D eigenvalue weighted by atomic mass is 9.95. The number of hydrogen-bond donors (Lipinski definition) is 0. The summed E-state index contributed by atoms with van der Waals surface area (Å²) in [6.45, 7) is 0. The first kappa shape index (κ1) is 14.5. The van der Waals surface area contributed by atoms with Gasteiger partial charge < -0.3 is 4.74 Å². The minimum Gasteiger partial charge on any atom is -0.405 e. The van der Waals surface area contributed by atoms with Crippen LogP contribution < -0.4 is 4.74 Å². The van der Waals surface area contributed by atoms with E-state index in [4.69, 9.17) is 0 Å². The van der Waals surface area contributed by atoms with Crippen molar-refractivity contribution in [3.63, 3.8) is 0 Å². The second kappa shape index (κ2) is 5.06. The average molecular weight is 303 g/mol. The molecule has 1 aliphatic carbocycles. The van der Waals surface area contributed by atoms with E-state index in [1.165, 1.54) is 12.1 Å². The lowest BCUT2D eigenvalue weighted by Crippen LogP contribution is -2.17. The van der Waals surface area contributed by atoms with Gasteiger partial charge in [0.1, 0.15) is 5.75 Å². The first-order chi connectivity index (χ1) is 10.4. The van der Waals surface area contributed by atoms with E-state index in [0.29, 0.717) is 11.1 Å². The van der Waals surface area contributed by atoms with E-state index in [1.54, 1.807) is 36.4 Å². The third-order valence-electron chi connectivity index (χ3n) is 3.83. The summed E-state index contributed by atoms with van der Waals surface area (Å²) < 4.78 is 41.4. The summed E-state index contributed by atoms with van der Waals surface area (Å²) in [7, 11) is 0. The second-order valence-electron chi connectivity index (χ2n) is 5.32. The van der Waals surface area contributed by atoms with Crippen molar-refractivity contribution in [2.24, 2.45) is 0 Å². The quantitative estimate of drug-likeness (QED) is 0.815. The number of rotatable bonds is 3. The molecule has 0 heterocycles. The Morgan fingerprint density at radius 2 is 1.64 bits per heavy atom. The van der Waals surface area contributed by atoms with Crippen LogP contribution in [-0.2, 0) is 5.41 Å². The normalized spacial score (nSPS) is 15.9. The van der Waals surface area contributed by atoms with Crippen LogP contribution in [0.1, 0.15) is 18.4 Å². The van der Waals surface area contributed by atoms with Gasteiger partial charge in [0, 0.05) is 5.56 Å². The molecule has 1 fully saturated rings. The minimum absolute atomic E-state index is 0.232. The fourth-order valence-electron chi connectivity index (χ4n) is 2.48. The molecule has 2 aromatic rings. The standard InChI is InChI=1S/C17H12F3NO/c18-17(19,20)22-15-4-2-1-3-14(15)12-5-7-13(8-6-12)16(11-21)9-10-16/h1-8H,9-10H2. The zero-order chi connectivity index (χ0) is 15.8. The first-order valence-electron chi connectivity index (χ1n) is 6.80. The number of alkyl halides is 3. The van der Waals surface area contributed by atoms with Crippen LogP contribution in [0.4, 0.5) is 13.2 Å². The number of nitriles is 1. The number of para-hydroxylation sites is 1. The molecule has 0 saturated heterocycles. The van der Waals surface area contributed by atoms with Crippen molar-refractivity contribution < 1.29 is 17.9 Å². The Kier molecular flexibility index (Phi) is 3.32. The van der Waals surface area contributed by atoms with Crippen molar-refractivity contribution in [2.45, 2.75) is 24.6 Å². The summed E-state index contributed by atoms with van der Waals surface area (Å²) >= 11 is 0. The average Bonchev–Trinajstić information content (AvgIpc) is 3.28. The Morgan fingerprint density at radius 1 is 1.00 bits per heavy atom. The smallest absolute Gasteiger partial charge is 0.405 e. The lowest BCUT2D eigenvalue weighted by molar-refractivity contribution is -0.274. The highest BCUT2D eigenvalue weighted by atomic mass is 19.4. The number of hydrogen-bond acceptors (Lipinski definition) is 2. The molecule has 112 valence electrons. The van der Waals surface area contributed by atoms with Crippen molar-refractivity contribution in [1.29, 1.82) is 5.26 Å². The third kappa shape index (κ3) is 2.77. The molecule has 22 heavy (non-hydrogen) atoms. The summed E-state index contributed by atoms with van der Waals surface area (Å²) in [6.07, 6.45) is -3.07. The topological polar surface area (TPSA) is 33.0 Å². The van der Waals surface area contributed by atoms with Crippen molar-refractivity contribution in [2.75, 3.05) is 0 Å². The first-order valence-corrected chi connectivity index (χ1v) is 6.80. The van der Waals surface area contributed by atoms with E-state index in [2.05, 4.69) is 10.8 Å². The summed E-state index contributed by atoms with van der Waals surface area (Å²) in [5.74, 6) is -0.232. The largest absolute Gasteiger partial charge is 0.573 e.